The third-order valence-corrected chi connectivity index (χ3v) is 3.39. The van der Waals surface area contributed by atoms with Crippen LogP contribution in [0.1, 0.15) is 36.6 Å². The van der Waals surface area contributed by atoms with Crippen molar-refractivity contribution in [3.8, 4) is 5.75 Å². The highest BCUT2D eigenvalue weighted by atomic mass is 16.5. The van der Waals surface area contributed by atoms with Crippen molar-refractivity contribution in [1.29, 1.82) is 0 Å². The predicted octanol–water partition coefficient (Wildman–Crippen LogP) is 2.24. The predicted molar refractivity (Wildman–Crippen MR) is 73.6 cm³/mol. The highest BCUT2D eigenvalue weighted by Gasteiger charge is 2.33. The van der Waals surface area contributed by atoms with Crippen LogP contribution in [0.2, 0.25) is 0 Å². The van der Waals surface area contributed by atoms with Gasteiger partial charge in [0.05, 0.1) is 18.8 Å². The Balaban J connectivity index is 3.37. The molecule has 1 atom stereocenters. The summed E-state index contributed by atoms with van der Waals surface area (Å²) in [5, 5.41) is 0. The van der Waals surface area contributed by atoms with Gasteiger partial charge in [0.1, 0.15) is 5.75 Å². The fraction of sp³-hybridized carbons (Fsp3) is 0.571. The van der Waals surface area contributed by atoms with E-state index in [1.54, 1.807) is 14.2 Å². The summed E-state index contributed by atoms with van der Waals surface area (Å²) >= 11 is 0. The lowest BCUT2D eigenvalue weighted by Crippen LogP contribution is -2.44. The molecule has 4 nitrogen and oxygen atoms in total. The summed E-state index contributed by atoms with van der Waals surface area (Å²) in [6, 6.07) is 3.99. The Morgan fingerprint density at radius 3 is 2.28 bits per heavy atom. The maximum Gasteiger partial charge on any atom is 0.124 e. The van der Waals surface area contributed by atoms with Crippen LogP contribution in [0.15, 0.2) is 12.1 Å². The molecular formula is C14H24N2O2. The van der Waals surface area contributed by atoms with Gasteiger partial charge in [-0.25, -0.2) is 5.43 Å². The van der Waals surface area contributed by atoms with E-state index in [0.29, 0.717) is 0 Å². The van der Waals surface area contributed by atoms with Gasteiger partial charge in [-0.15, -0.1) is 0 Å². The zero-order valence-corrected chi connectivity index (χ0v) is 12.1. The monoisotopic (exact) mass is 252 g/mol. The molecule has 3 N–H and O–H groups in total. The summed E-state index contributed by atoms with van der Waals surface area (Å²) in [5.74, 6) is 6.55. The Morgan fingerprint density at radius 2 is 1.83 bits per heavy atom. The van der Waals surface area contributed by atoms with E-state index in [1.807, 2.05) is 26.8 Å². The van der Waals surface area contributed by atoms with Gasteiger partial charge >= 0.3 is 0 Å². The third kappa shape index (κ3) is 2.83. The van der Waals surface area contributed by atoms with Crippen molar-refractivity contribution in [3.05, 3.63) is 28.8 Å². The zero-order chi connectivity index (χ0) is 13.9. The van der Waals surface area contributed by atoms with E-state index in [0.717, 1.165) is 16.9 Å². The molecule has 102 valence electrons. The lowest BCUT2D eigenvalue weighted by Gasteiger charge is -2.34. The van der Waals surface area contributed by atoms with Crippen molar-refractivity contribution in [2.24, 2.45) is 5.84 Å². The third-order valence-electron chi connectivity index (χ3n) is 3.39. The maximum atomic E-state index is 5.71. The molecule has 0 aliphatic rings. The van der Waals surface area contributed by atoms with Gasteiger partial charge in [-0.1, -0.05) is 6.07 Å². The lowest BCUT2D eigenvalue weighted by atomic mass is 9.88. The van der Waals surface area contributed by atoms with Gasteiger partial charge in [0.15, 0.2) is 0 Å². The van der Waals surface area contributed by atoms with E-state index in [1.165, 1.54) is 5.56 Å². The SMILES string of the molecule is COc1cc(C)cc(C)c1C(NN)C(C)(C)OC. The van der Waals surface area contributed by atoms with Crippen LogP contribution in [-0.2, 0) is 4.74 Å². The molecule has 0 aliphatic heterocycles. The first-order valence-electron chi connectivity index (χ1n) is 6.03. The van der Waals surface area contributed by atoms with Gasteiger partial charge in [0.25, 0.3) is 0 Å². The summed E-state index contributed by atoms with van der Waals surface area (Å²) in [6.45, 7) is 8.10. The van der Waals surface area contributed by atoms with Crippen LogP contribution in [-0.4, -0.2) is 19.8 Å². The standard InChI is InChI=1S/C14H24N2O2/c1-9-7-10(2)12(11(8-9)17-5)13(16-15)14(3,4)18-6/h7-8,13,16H,15H2,1-6H3. The number of ether oxygens (including phenoxy) is 2. The fourth-order valence-electron chi connectivity index (χ4n) is 2.23. The van der Waals surface area contributed by atoms with E-state index in [4.69, 9.17) is 15.3 Å². The number of nitrogens with two attached hydrogens (primary N) is 1. The van der Waals surface area contributed by atoms with Crippen molar-refractivity contribution in [2.45, 2.75) is 39.3 Å². The number of rotatable bonds is 5. The first-order chi connectivity index (χ1) is 8.37. The average Bonchev–Trinajstić information content (AvgIpc) is 2.31. The second-order valence-electron chi connectivity index (χ2n) is 5.11. The van der Waals surface area contributed by atoms with Gasteiger partial charge in [0.2, 0.25) is 0 Å². The summed E-state index contributed by atoms with van der Waals surface area (Å²) < 4.78 is 11.0. The van der Waals surface area contributed by atoms with E-state index in [9.17, 15) is 0 Å². The Hall–Kier alpha value is -1.10. The molecule has 0 heterocycles. The van der Waals surface area contributed by atoms with E-state index in [-0.39, 0.29) is 6.04 Å². The second-order valence-corrected chi connectivity index (χ2v) is 5.11. The van der Waals surface area contributed by atoms with Crippen LogP contribution in [0.5, 0.6) is 5.75 Å². The van der Waals surface area contributed by atoms with Gasteiger partial charge < -0.3 is 9.47 Å². The van der Waals surface area contributed by atoms with Crippen LogP contribution < -0.4 is 16.0 Å². The topological polar surface area (TPSA) is 56.5 Å². The minimum Gasteiger partial charge on any atom is -0.496 e. The molecule has 0 saturated heterocycles. The van der Waals surface area contributed by atoms with Crippen molar-refractivity contribution in [3.63, 3.8) is 0 Å². The van der Waals surface area contributed by atoms with E-state index < -0.39 is 5.60 Å². The maximum absolute atomic E-state index is 5.71. The molecule has 0 amide bonds. The van der Waals surface area contributed by atoms with Gasteiger partial charge in [-0.05, 0) is 44.9 Å². The van der Waals surface area contributed by atoms with Gasteiger partial charge in [-0.2, -0.15) is 0 Å². The first-order valence-corrected chi connectivity index (χ1v) is 6.03. The molecule has 1 aromatic rings. The minimum atomic E-state index is -0.429. The Kier molecular flexibility index (Phi) is 4.73. The summed E-state index contributed by atoms with van der Waals surface area (Å²) in [7, 11) is 3.35. The van der Waals surface area contributed by atoms with Crippen LogP contribution in [0, 0.1) is 13.8 Å². The molecule has 1 rings (SSSR count). The van der Waals surface area contributed by atoms with Crippen molar-refractivity contribution in [2.75, 3.05) is 14.2 Å². The largest absolute Gasteiger partial charge is 0.496 e. The first kappa shape index (κ1) is 15.0. The van der Waals surface area contributed by atoms with Gasteiger partial charge in [0, 0.05) is 12.7 Å². The molecule has 18 heavy (non-hydrogen) atoms. The molecule has 0 aromatic heterocycles. The molecule has 0 bridgehead atoms. The summed E-state index contributed by atoms with van der Waals surface area (Å²) in [6.07, 6.45) is 0. The molecule has 0 radical (unpaired) electrons. The highest BCUT2D eigenvalue weighted by molar-refractivity contribution is 5.46. The number of methoxy groups -OCH3 is 2. The Morgan fingerprint density at radius 1 is 1.22 bits per heavy atom. The number of benzene rings is 1. The van der Waals surface area contributed by atoms with Crippen molar-refractivity contribution >= 4 is 0 Å². The molecule has 0 aliphatic carbocycles. The average molecular weight is 252 g/mol. The molecule has 0 saturated carbocycles. The van der Waals surface area contributed by atoms with Crippen LogP contribution in [0.25, 0.3) is 0 Å². The number of hydrogen-bond donors (Lipinski definition) is 2. The molecule has 1 unspecified atom stereocenters. The van der Waals surface area contributed by atoms with Crippen molar-refractivity contribution in [1.82, 2.24) is 5.43 Å². The van der Waals surface area contributed by atoms with E-state index in [2.05, 4.69) is 18.4 Å². The minimum absolute atomic E-state index is 0.141. The molecule has 0 fully saturated rings. The zero-order valence-electron chi connectivity index (χ0n) is 12.1. The van der Waals surface area contributed by atoms with Crippen LogP contribution in [0.3, 0.4) is 0 Å². The number of nitrogens with one attached hydrogen (secondary N) is 1. The highest BCUT2D eigenvalue weighted by Crippen LogP contribution is 2.36. The Bertz CT molecular complexity index is 417. The normalized spacial score (nSPS) is 13.5. The van der Waals surface area contributed by atoms with Crippen molar-refractivity contribution < 1.29 is 9.47 Å². The Labute approximate surface area is 109 Å². The summed E-state index contributed by atoms with van der Waals surface area (Å²) in [5.41, 5.74) is 5.75. The molecule has 4 heteroatoms. The quantitative estimate of drug-likeness (QED) is 0.623. The van der Waals surface area contributed by atoms with Gasteiger partial charge in [-0.3, -0.25) is 5.84 Å². The summed E-state index contributed by atoms with van der Waals surface area (Å²) in [4.78, 5) is 0. The van der Waals surface area contributed by atoms with E-state index >= 15 is 0 Å². The van der Waals surface area contributed by atoms with Crippen LogP contribution in [0.4, 0.5) is 0 Å². The number of aryl methyl sites for hydroxylation is 2. The van der Waals surface area contributed by atoms with Crippen LogP contribution >= 0.6 is 0 Å². The lowest BCUT2D eigenvalue weighted by molar-refractivity contribution is -0.0119. The second kappa shape index (κ2) is 5.69. The number of hydrazine groups is 1. The molecule has 0 spiro atoms. The number of hydrogen-bond acceptors (Lipinski definition) is 4. The molecule has 1 aromatic carbocycles. The smallest absolute Gasteiger partial charge is 0.124 e. The molecular weight excluding hydrogens is 228 g/mol. The fourth-order valence-corrected chi connectivity index (χ4v) is 2.23.